The maximum Gasteiger partial charge on any atom is 0.413 e. The van der Waals surface area contributed by atoms with Crippen molar-refractivity contribution in [3.8, 4) is 0 Å². The molecule has 118 valence electrons. The lowest BCUT2D eigenvalue weighted by molar-refractivity contribution is -0.149. The Morgan fingerprint density at radius 2 is 1.86 bits per heavy atom. The molecule has 0 radical (unpaired) electrons. The van der Waals surface area contributed by atoms with Gasteiger partial charge in [-0.3, -0.25) is 10.1 Å². The summed E-state index contributed by atoms with van der Waals surface area (Å²) in [6, 6.07) is 7.59. The van der Waals surface area contributed by atoms with Crippen LogP contribution in [0.25, 0.3) is 6.08 Å². The molecule has 1 aromatic rings. The zero-order chi connectivity index (χ0) is 16.5. The predicted molar refractivity (Wildman–Crippen MR) is 83.4 cm³/mol. The van der Waals surface area contributed by atoms with Crippen LogP contribution in [0.4, 0.5) is 4.79 Å². The van der Waals surface area contributed by atoms with Crippen molar-refractivity contribution in [2.24, 2.45) is 0 Å². The van der Waals surface area contributed by atoms with E-state index in [-0.39, 0.29) is 0 Å². The molecule has 22 heavy (non-hydrogen) atoms. The highest BCUT2D eigenvalue weighted by molar-refractivity contribution is 7.98. The maximum absolute atomic E-state index is 11.6. The Bertz CT molecular complexity index is 568. The summed E-state index contributed by atoms with van der Waals surface area (Å²) in [5.74, 6) is -1.43. The molecule has 1 rings (SSSR count). The average molecular weight is 323 g/mol. The van der Waals surface area contributed by atoms with Crippen molar-refractivity contribution in [1.82, 2.24) is 5.32 Å². The van der Waals surface area contributed by atoms with E-state index in [0.29, 0.717) is 0 Å². The number of benzene rings is 1. The highest BCUT2D eigenvalue weighted by Gasteiger charge is 2.18. The van der Waals surface area contributed by atoms with Gasteiger partial charge in [0.05, 0.1) is 7.11 Å². The minimum atomic E-state index is -1.10. The Hall–Kier alpha value is -2.28. The van der Waals surface area contributed by atoms with Crippen molar-refractivity contribution in [2.75, 3.05) is 13.4 Å². The van der Waals surface area contributed by atoms with Crippen molar-refractivity contribution in [2.45, 2.75) is 17.9 Å². The zero-order valence-corrected chi connectivity index (χ0v) is 13.3. The maximum atomic E-state index is 11.6. The summed E-state index contributed by atoms with van der Waals surface area (Å²) in [5, 5.41) is 1.92. The third-order valence-electron chi connectivity index (χ3n) is 2.60. The number of hydrogen-bond donors (Lipinski definition) is 1. The molecule has 1 N–H and O–H groups in total. The second-order valence-electron chi connectivity index (χ2n) is 4.17. The first-order valence-electron chi connectivity index (χ1n) is 6.38. The van der Waals surface area contributed by atoms with Crippen molar-refractivity contribution in [1.29, 1.82) is 0 Å². The molecule has 2 amide bonds. The molecule has 0 aromatic heterocycles. The van der Waals surface area contributed by atoms with Crippen LogP contribution in [0.3, 0.4) is 0 Å². The van der Waals surface area contributed by atoms with E-state index in [1.165, 1.54) is 13.0 Å². The first kappa shape index (κ1) is 17.8. The van der Waals surface area contributed by atoms with Gasteiger partial charge in [0.25, 0.3) is 5.91 Å². The molecule has 0 unspecified atom stereocenters. The summed E-state index contributed by atoms with van der Waals surface area (Å²) in [7, 11) is 1.13. The lowest BCUT2D eigenvalue weighted by Crippen LogP contribution is -2.39. The highest BCUT2D eigenvalue weighted by Crippen LogP contribution is 2.15. The molecule has 0 aliphatic heterocycles. The van der Waals surface area contributed by atoms with Crippen LogP contribution in [-0.4, -0.2) is 37.4 Å². The Balaban J connectivity index is 2.52. The van der Waals surface area contributed by atoms with Crippen LogP contribution in [0.1, 0.15) is 12.5 Å². The van der Waals surface area contributed by atoms with Gasteiger partial charge in [0.2, 0.25) is 0 Å². The first-order valence-corrected chi connectivity index (χ1v) is 7.60. The van der Waals surface area contributed by atoms with Crippen LogP contribution in [0.15, 0.2) is 35.2 Å². The van der Waals surface area contributed by atoms with Crippen molar-refractivity contribution in [3.63, 3.8) is 0 Å². The van der Waals surface area contributed by atoms with Gasteiger partial charge in [-0.25, -0.2) is 9.59 Å². The molecule has 0 aliphatic rings. The Labute approximate surface area is 132 Å². The van der Waals surface area contributed by atoms with Crippen molar-refractivity contribution < 1.29 is 23.9 Å². The third-order valence-corrected chi connectivity index (χ3v) is 3.34. The van der Waals surface area contributed by atoms with Gasteiger partial charge in [0.15, 0.2) is 6.10 Å². The number of alkyl carbamates (subject to hydrolysis) is 1. The van der Waals surface area contributed by atoms with Crippen LogP contribution in [-0.2, 0) is 19.1 Å². The van der Waals surface area contributed by atoms with Gasteiger partial charge < -0.3 is 9.47 Å². The van der Waals surface area contributed by atoms with Gasteiger partial charge in [0.1, 0.15) is 0 Å². The van der Waals surface area contributed by atoms with E-state index in [1.54, 1.807) is 17.8 Å². The number of rotatable bonds is 5. The molecule has 0 bridgehead atoms. The second-order valence-corrected chi connectivity index (χ2v) is 5.05. The lowest BCUT2D eigenvalue weighted by Gasteiger charge is -2.10. The molecule has 7 heteroatoms. The van der Waals surface area contributed by atoms with E-state index in [9.17, 15) is 14.4 Å². The first-order chi connectivity index (χ1) is 10.5. The number of carbonyl (C=O) groups excluding carboxylic acids is 3. The topological polar surface area (TPSA) is 81.7 Å². The Kier molecular flexibility index (Phi) is 7.18. The van der Waals surface area contributed by atoms with Crippen LogP contribution >= 0.6 is 11.8 Å². The summed E-state index contributed by atoms with van der Waals surface area (Å²) in [6.45, 7) is 1.36. The molecule has 0 spiro atoms. The van der Waals surface area contributed by atoms with Crippen molar-refractivity contribution >= 4 is 35.8 Å². The molecule has 0 heterocycles. The SMILES string of the molecule is COC(=O)NC(=O)[C@H](C)OC(=O)/C=C/c1ccc(SC)cc1. The van der Waals surface area contributed by atoms with E-state index in [1.807, 2.05) is 35.8 Å². The molecule has 6 nitrogen and oxygen atoms in total. The summed E-state index contributed by atoms with van der Waals surface area (Å²) >= 11 is 1.62. The van der Waals surface area contributed by atoms with Gasteiger partial charge in [-0.2, -0.15) is 0 Å². The van der Waals surface area contributed by atoms with Crippen LogP contribution < -0.4 is 5.32 Å². The molecular formula is C15H17NO5S. The number of imide groups is 1. The molecule has 0 saturated heterocycles. The lowest BCUT2D eigenvalue weighted by atomic mass is 10.2. The van der Waals surface area contributed by atoms with Crippen LogP contribution in [0, 0.1) is 0 Å². The van der Waals surface area contributed by atoms with Gasteiger partial charge in [-0.05, 0) is 37.0 Å². The van der Waals surface area contributed by atoms with E-state index < -0.39 is 24.1 Å². The third kappa shape index (κ3) is 6.01. The van der Waals surface area contributed by atoms with Gasteiger partial charge in [-0.15, -0.1) is 11.8 Å². The fourth-order valence-electron chi connectivity index (χ4n) is 1.40. The number of esters is 1. The van der Waals surface area contributed by atoms with E-state index in [0.717, 1.165) is 17.6 Å². The summed E-state index contributed by atoms with van der Waals surface area (Å²) in [5.41, 5.74) is 0.835. The quantitative estimate of drug-likeness (QED) is 0.508. The summed E-state index contributed by atoms with van der Waals surface area (Å²) in [6.07, 6.45) is 2.77. The number of thioether (sulfide) groups is 1. The fourth-order valence-corrected chi connectivity index (χ4v) is 1.81. The van der Waals surface area contributed by atoms with Crippen LogP contribution in [0.5, 0.6) is 0 Å². The standard InChI is InChI=1S/C15H17NO5S/c1-10(14(18)16-15(19)20-2)21-13(17)9-6-11-4-7-12(22-3)8-5-11/h4-10H,1-3H3,(H,16,18,19)/b9-6+/t10-/m0/s1. The monoisotopic (exact) mass is 323 g/mol. The molecular weight excluding hydrogens is 306 g/mol. The number of carbonyl (C=O) groups is 3. The number of hydrogen-bond acceptors (Lipinski definition) is 6. The van der Waals surface area contributed by atoms with Gasteiger partial charge >= 0.3 is 12.1 Å². The fraction of sp³-hybridized carbons (Fsp3) is 0.267. The van der Waals surface area contributed by atoms with E-state index >= 15 is 0 Å². The highest BCUT2D eigenvalue weighted by atomic mass is 32.2. The molecule has 1 atom stereocenters. The minimum Gasteiger partial charge on any atom is -0.453 e. The van der Waals surface area contributed by atoms with E-state index in [2.05, 4.69) is 4.74 Å². The second kappa shape index (κ2) is 8.89. The van der Waals surface area contributed by atoms with Gasteiger partial charge in [-0.1, -0.05) is 12.1 Å². The smallest absolute Gasteiger partial charge is 0.413 e. The Morgan fingerprint density at radius 1 is 1.23 bits per heavy atom. The number of methoxy groups -OCH3 is 1. The summed E-state index contributed by atoms with van der Waals surface area (Å²) in [4.78, 5) is 35.1. The van der Waals surface area contributed by atoms with Crippen molar-refractivity contribution in [3.05, 3.63) is 35.9 Å². The molecule has 0 aliphatic carbocycles. The number of ether oxygens (including phenoxy) is 2. The largest absolute Gasteiger partial charge is 0.453 e. The normalized spacial score (nSPS) is 11.8. The van der Waals surface area contributed by atoms with E-state index in [4.69, 9.17) is 4.74 Å². The molecule has 0 saturated carbocycles. The van der Waals surface area contributed by atoms with Crippen LogP contribution in [0.2, 0.25) is 0 Å². The average Bonchev–Trinajstić information content (AvgIpc) is 2.53. The predicted octanol–water partition coefficient (Wildman–Crippen LogP) is 2.24. The Morgan fingerprint density at radius 3 is 2.41 bits per heavy atom. The minimum absolute atomic E-state index is 0.679. The molecule has 1 aromatic carbocycles. The van der Waals surface area contributed by atoms with Gasteiger partial charge in [0, 0.05) is 11.0 Å². The summed E-state index contributed by atoms with van der Waals surface area (Å²) < 4.78 is 9.15. The number of nitrogens with one attached hydrogen (secondary N) is 1. The zero-order valence-electron chi connectivity index (χ0n) is 12.5. The molecule has 0 fully saturated rings. The number of amides is 2.